The van der Waals surface area contributed by atoms with E-state index in [4.69, 9.17) is 0 Å². The van der Waals surface area contributed by atoms with Crippen LogP contribution in [0.25, 0.3) is 0 Å². The van der Waals surface area contributed by atoms with Gasteiger partial charge in [-0.1, -0.05) is 12.1 Å². The van der Waals surface area contributed by atoms with Gasteiger partial charge >= 0.3 is 0 Å². The van der Waals surface area contributed by atoms with E-state index in [1.54, 1.807) is 28.8 Å². The molecule has 1 saturated heterocycles. The molecule has 4 rings (SSSR count). The van der Waals surface area contributed by atoms with Crippen molar-refractivity contribution in [2.75, 3.05) is 16.0 Å². The zero-order valence-corrected chi connectivity index (χ0v) is 14.3. The van der Waals surface area contributed by atoms with Crippen LogP contribution in [0, 0.1) is 11.7 Å². The standard InChI is InChI=1S/C19H17FN2O2S/c20-14-5-9-16(10-6-14)22-17(23)11-25-19(22)13-3-7-15(8-4-13)21-18(24)12-1-2-12/h3-10,12,19H,1-2,11H2,(H,21,24)/t19-/m1/s1. The maximum absolute atomic E-state index is 13.2. The number of nitrogens with zero attached hydrogens (tertiary/aromatic N) is 1. The summed E-state index contributed by atoms with van der Waals surface area (Å²) in [6.45, 7) is 0. The van der Waals surface area contributed by atoms with Crippen molar-refractivity contribution in [2.24, 2.45) is 5.92 Å². The lowest BCUT2D eigenvalue weighted by atomic mass is 10.1. The first-order chi connectivity index (χ1) is 12.1. The minimum absolute atomic E-state index is 0.00715. The smallest absolute Gasteiger partial charge is 0.238 e. The summed E-state index contributed by atoms with van der Waals surface area (Å²) >= 11 is 1.54. The van der Waals surface area contributed by atoms with Crippen molar-refractivity contribution in [2.45, 2.75) is 18.2 Å². The average Bonchev–Trinajstić information content (AvgIpc) is 3.40. The summed E-state index contributed by atoms with van der Waals surface area (Å²) in [6.07, 6.45) is 1.94. The van der Waals surface area contributed by atoms with E-state index in [0.29, 0.717) is 11.4 Å². The molecule has 0 bridgehead atoms. The van der Waals surface area contributed by atoms with Gasteiger partial charge in [-0.3, -0.25) is 14.5 Å². The lowest BCUT2D eigenvalue weighted by Gasteiger charge is -2.24. The van der Waals surface area contributed by atoms with Crippen LogP contribution < -0.4 is 10.2 Å². The molecule has 0 radical (unpaired) electrons. The van der Waals surface area contributed by atoms with Crippen LogP contribution in [0.3, 0.4) is 0 Å². The molecule has 1 aliphatic carbocycles. The van der Waals surface area contributed by atoms with Crippen molar-refractivity contribution in [3.8, 4) is 0 Å². The number of thioether (sulfide) groups is 1. The van der Waals surface area contributed by atoms with Crippen molar-refractivity contribution in [1.82, 2.24) is 0 Å². The Labute approximate surface area is 149 Å². The van der Waals surface area contributed by atoms with E-state index in [0.717, 1.165) is 24.1 Å². The van der Waals surface area contributed by atoms with Crippen LogP contribution in [0.15, 0.2) is 48.5 Å². The fourth-order valence-corrected chi connectivity index (χ4v) is 4.05. The number of carbonyl (C=O) groups excluding carboxylic acids is 2. The third-order valence-electron chi connectivity index (χ3n) is 4.38. The molecule has 2 amide bonds. The molecule has 1 heterocycles. The molecule has 2 fully saturated rings. The molecule has 0 spiro atoms. The Kier molecular flexibility index (Phi) is 4.21. The second-order valence-electron chi connectivity index (χ2n) is 6.29. The third kappa shape index (κ3) is 3.39. The van der Waals surface area contributed by atoms with Crippen molar-refractivity contribution in [3.05, 3.63) is 59.9 Å². The second kappa shape index (κ2) is 6.52. The monoisotopic (exact) mass is 356 g/mol. The normalized spacial score (nSPS) is 20.0. The van der Waals surface area contributed by atoms with E-state index in [9.17, 15) is 14.0 Å². The molecule has 0 unspecified atom stereocenters. The first-order valence-corrected chi connectivity index (χ1v) is 9.27. The minimum atomic E-state index is -0.324. The fourth-order valence-electron chi connectivity index (χ4n) is 2.87. The van der Waals surface area contributed by atoms with Gasteiger partial charge in [0.1, 0.15) is 11.2 Å². The first-order valence-electron chi connectivity index (χ1n) is 8.22. The van der Waals surface area contributed by atoms with Gasteiger partial charge in [0.15, 0.2) is 0 Å². The molecule has 25 heavy (non-hydrogen) atoms. The number of amides is 2. The lowest BCUT2D eigenvalue weighted by Crippen LogP contribution is -2.27. The summed E-state index contributed by atoms with van der Waals surface area (Å²) in [5.74, 6) is 0.313. The van der Waals surface area contributed by atoms with E-state index >= 15 is 0 Å². The molecule has 1 aliphatic heterocycles. The van der Waals surface area contributed by atoms with Gasteiger partial charge in [-0.2, -0.15) is 0 Å². The summed E-state index contributed by atoms with van der Waals surface area (Å²) in [7, 11) is 0. The second-order valence-corrected chi connectivity index (χ2v) is 7.36. The molecule has 2 aliphatic rings. The molecule has 1 saturated carbocycles. The summed E-state index contributed by atoms with van der Waals surface area (Å²) in [5.41, 5.74) is 2.43. The van der Waals surface area contributed by atoms with Crippen LogP contribution in [0.1, 0.15) is 23.8 Å². The van der Waals surface area contributed by atoms with Gasteiger partial charge in [-0.25, -0.2) is 4.39 Å². The Morgan fingerprint density at radius 2 is 1.76 bits per heavy atom. The van der Waals surface area contributed by atoms with Crippen LogP contribution >= 0.6 is 11.8 Å². The molecule has 0 aromatic heterocycles. The highest BCUT2D eigenvalue weighted by Crippen LogP contribution is 2.42. The maximum Gasteiger partial charge on any atom is 0.238 e. The Morgan fingerprint density at radius 1 is 1.08 bits per heavy atom. The summed E-state index contributed by atoms with van der Waals surface area (Å²) in [5, 5.41) is 2.76. The van der Waals surface area contributed by atoms with Gasteiger partial charge in [0.05, 0.1) is 5.75 Å². The molecular weight excluding hydrogens is 339 g/mol. The van der Waals surface area contributed by atoms with Gasteiger partial charge in [0, 0.05) is 17.3 Å². The van der Waals surface area contributed by atoms with Crippen LogP contribution in [0.5, 0.6) is 0 Å². The highest BCUT2D eigenvalue weighted by molar-refractivity contribution is 8.00. The van der Waals surface area contributed by atoms with E-state index in [-0.39, 0.29) is 28.9 Å². The summed E-state index contributed by atoms with van der Waals surface area (Å²) < 4.78 is 13.2. The van der Waals surface area contributed by atoms with E-state index < -0.39 is 0 Å². The SMILES string of the molecule is O=C(Nc1ccc([C@H]2SCC(=O)N2c2ccc(F)cc2)cc1)C1CC1. The zero-order chi connectivity index (χ0) is 17.4. The van der Waals surface area contributed by atoms with Crippen LogP contribution in [0.2, 0.25) is 0 Å². The predicted molar refractivity (Wildman–Crippen MR) is 96.9 cm³/mol. The Bertz CT molecular complexity index is 803. The number of hydrogen-bond donors (Lipinski definition) is 1. The zero-order valence-electron chi connectivity index (χ0n) is 13.4. The van der Waals surface area contributed by atoms with Crippen molar-refractivity contribution >= 4 is 35.0 Å². The first kappa shape index (κ1) is 16.1. The van der Waals surface area contributed by atoms with E-state index in [2.05, 4.69) is 5.32 Å². The predicted octanol–water partition coefficient (Wildman–Crippen LogP) is 3.95. The minimum Gasteiger partial charge on any atom is -0.326 e. The lowest BCUT2D eigenvalue weighted by molar-refractivity contribution is -0.117. The molecule has 4 nitrogen and oxygen atoms in total. The third-order valence-corrected chi connectivity index (χ3v) is 5.60. The average molecular weight is 356 g/mol. The number of nitrogens with one attached hydrogen (secondary N) is 1. The number of benzene rings is 2. The highest BCUT2D eigenvalue weighted by Gasteiger charge is 2.34. The molecule has 2 aromatic carbocycles. The Morgan fingerprint density at radius 3 is 2.40 bits per heavy atom. The quantitative estimate of drug-likeness (QED) is 0.902. The molecule has 2 aromatic rings. The Hall–Kier alpha value is -2.34. The number of hydrogen-bond acceptors (Lipinski definition) is 3. The molecular formula is C19H17FN2O2S. The van der Waals surface area contributed by atoms with Crippen molar-refractivity contribution in [1.29, 1.82) is 0 Å². The van der Waals surface area contributed by atoms with Crippen molar-refractivity contribution < 1.29 is 14.0 Å². The maximum atomic E-state index is 13.2. The summed E-state index contributed by atoms with van der Waals surface area (Å²) in [4.78, 5) is 25.8. The van der Waals surface area contributed by atoms with Gasteiger partial charge in [-0.15, -0.1) is 11.8 Å². The largest absolute Gasteiger partial charge is 0.326 e. The van der Waals surface area contributed by atoms with Crippen LogP contribution in [-0.2, 0) is 9.59 Å². The van der Waals surface area contributed by atoms with E-state index in [1.807, 2.05) is 24.3 Å². The number of anilines is 2. The number of rotatable bonds is 4. The van der Waals surface area contributed by atoms with Crippen LogP contribution in [0.4, 0.5) is 15.8 Å². The van der Waals surface area contributed by atoms with Crippen molar-refractivity contribution in [3.63, 3.8) is 0 Å². The van der Waals surface area contributed by atoms with Gasteiger partial charge < -0.3 is 5.32 Å². The topological polar surface area (TPSA) is 49.4 Å². The molecule has 6 heteroatoms. The molecule has 1 N–H and O–H groups in total. The molecule has 1 atom stereocenters. The van der Waals surface area contributed by atoms with Gasteiger partial charge in [-0.05, 0) is 54.8 Å². The number of halogens is 1. The van der Waals surface area contributed by atoms with Crippen LogP contribution in [-0.4, -0.2) is 17.6 Å². The van der Waals surface area contributed by atoms with Gasteiger partial charge in [0.25, 0.3) is 0 Å². The molecule has 128 valence electrons. The highest BCUT2D eigenvalue weighted by atomic mass is 32.2. The Balaban J connectivity index is 1.54. The fraction of sp³-hybridized carbons (Fsp3) is 0.263. The number of carbonyl (C=O) groups is 2. The summed E-state index contributed by atoms with van der Waals surface area (Å²) in [6, 6.07) is 13.5. The van der Waals surface area contributed by atoms with E-state index in [1.165, 1.54) is 12.1 Å². The van der Waals surface area contributed by atoms with Gasteiger partial charge in [0.2, 0.25) is 11.8 Å².